The number of thiophene rings is 1. The minimum absolute atomic E-state index is 0.0839. The molecule has 0 unspecified atom stereocenters. The van der Waals surface area contributed by atoms with Gasteiger partial charge in [0.2, 0.25) is 0 Å². The molecule has 16 heavy (non-hydrogen) atoms. The zero-order valence-corrected chi connectivity index (χ0v) is 11.7. The summed E-state index contributed by atoms with van der Waals surface area (Å²) in [5, 5.41) is 0. The number of hydrogen-bond donors (Lipinski definition) is 0. The predicted octanol–water partition coefficient (Wildman–Crippen LogP) is 3.91. The Balaban J connectivity index is 2.83. The fourth-order valence-electron chi connectivity index (χ4n) is 1.49. The van der Waals surface area contributed by atoms with Crippen molar-refractivity contribution in [3.05, 3.63) is 21.3 Å². The number of amides is 1. The molecule has 0 aliphatic heterocycles. The van der Waals surface area contributed by atoms with Crippen LogP contribution in [0.4, 0.5) is 0 Å². The fraction of sp³-hybridized carbons (Fsp3) is 0.583. The van der Waals surface area contributed by atoms with Gasteiger partial charge in [-0.1, -0.05) is 25.4 Å². The molecule has 1 amide bonds. The molecule has 0 atom stereocenters. The zero-order valence-electron chi connectivity index (χ0n) is 10.2. The number of hydrogen-bond acceptors (Lipinski definition) is 2. The first-order valence-corrected chi connectivity index (χ1v) is 6.67. The van der Waals surface area contributed by atoms with Crippen molar-refractivity contribution in [2.24, 2.45) is 5.92 Å². The minimum atomic E-state index is 0.0839. The highest BCUT2D eigenvalue weighted by molar-refractivity contribution is 7.17. The molecule has 1 rings (SSSR count). The number of carbonyl (C=O) groups excluding carboxylic acids is 1. The summed E-state index contributed by atoms with van der Waals surface area (Å²) < 4.78 is 0.664. The average Bonchev–Trinajstić information content (AvgIpc) is 2.59. The van der Waals surface area contributed by atoms with Gasteiger partial charge in [-0.2, -0.15) is 0 Å². The first kappa shape index (κ1) is 13.5. The van der Waals surface area contributed by atoms with Gasteiger partial charge in [0, 0.05) is 12.6 Å². The van der Waals surface area contributed by atoms with E-state index in [1.807, 2.05) is 18.7 Å². The molecule has 0 radical (unpaired) electrons. The molecule has 0 bridgehead atoms. The van der Waals surface area contributed by atoms with E-state index in [9.17, 15) is 4.79 Å². The van der Waals surface area contributed by atoms with Crippen LogP contribution in [0.15, 0.2) is 12.1 Å². The lowest BCUT2D eigenvalue weighted by molar-refractivity contribution is 0.0687. The van der Waals surface area contributed by atoms with Gasteiger partial charge in [0.05, 0.1) is 9.21 Å². The third-order valence-electron chi connectivity index (χ3n) is 2.23. The minimum Gasteiger partial charge on any atom is -0.335 e. The fourth-order valence-corrected chi connectivity index (χ4v) is 2.49. The Bertz CT molecular complexity index is 360. The second kappa shape index (κ2) is 5.69. The van der Waals surface area contributed by atoms with Gasteiger partial charge in [0.25, 0.3) is 5.91 Å². The maximum absolute atomic E-state index is 12.2. The van der Waals surface area contributed by atoms with Crippen molar-refractivity contribution in [1.29, 1.82) is 0 Å². The van der Waals surface area contributed by atoms with Gasteiger partial charge < -0.3 is 4.90 Å². The lowest BCUT2D eigenvalue weighted by atomic mass is 10.1. The van der Waals surface area contributed by atoms with E-state index in [4.69, 9.17) is 11.6 Å². The molecular weight excluding hydrogens is 242 g/mol. The Kier molecular flexibility index (Phi) is 4.81. The quantitative estimate of drug-likeness (QED) is 0.803. The highest BCUT2D eigenvalue weighted by Crippen LogP contribution is 2.23. The third kappa shape index (κ3) is 3.49. The third-order valence-corrected chi connectivity index (χ3v) is 3.45. The molecular formula is C12H18ClNOS. The molecule has 0 spiro atoms. The van der Waals surface area contributed by atoms with Crippen LogP contribution in [-0.2, 0) is 0 Å². The summed E-state index contributed by atoms with van der Waals surface area (Å²) in [6.45, 7) is 9.09. The van der Waals surface area contributed by atoms with Gasteiger partial charge in [-0.25, -0.2) is 0 Å². The monoisotopic (exact) mass is 259 g/mol. The molecule has 1 aromatic heterocycles. The van der Waals surface area contributed by atoms with Crippen molar-refractivity contribution in [3.8, 4) is 0 Å². The Hall–Kier alpha value is -0.540. The Morgan fingerprint density at radius 1 is 1.38 bits per heavy atom. The van der Waals surface area contributed by atoms with E-state index in [-0.39, 0.29) is 11.9 Å². The first-order valence-electron chi connectivity index (χ1n) is 5.48. The van der Waals surface area contributed by atoms with Crippen molar-refractivity contribution in [2.75, 3.05) is 6.54 Å². The van der Waals surface area contributed by atoms with E-state index < -0.39 is 0 Å². The van der Waals surface area contributed by atoms with Crippen LogP contribution in [0.5, 0.6) is 0 Å². The molecule has 0 saturated carbocycles. The standard InChI is InChI=1S/C12H18ClNOS/c1-8(2)7-14(9(3)4)12(15)10-5-6-11(13)16-10/h5-6,8-9H,7H2,1-4H3. The van der Waals surface area contributed by atoms with E-state index in [0.717, 1.165) is 11.4 Å². The maximum atomic E-state index is 12.2. The van der Waals surface area contributed by atoms with E-state index in [0.29, 0.717) is 10.3 Å². The second-order valence-electron chi connectivity index (χ2n) is 4.55. The number of halogens is 1. The smallest absolute Gasteiger partial charge is 0.264 e. The van der Waals surface area contributed by atoms with Gasteiger partial charge in [0.15, 0.2) is 0 Å². The van der Waals surface area contributed by atoms with E-state index >= 15 is 0 Å². The van der Waals surface area contributed by atoms with Gasteiger partial charge >= 0.3 is 0 Å². The van der Waals surface area contributed by atoms with Crippen LogP contribution in [0.1, 0.15) is 37.4 Å². The number of nitrogens with zero attached hydrogens (tertiary/aromatic N) is 1. The molecule has 1 heterocycles. The molecule has 0 fully saturated rings. The number of carbonyl (C=O) groups is 1. The van der Waals surface area contributed by atoms with Crippen molar-refractivity contribution in [3.63, 3.8) is 0 Å². The lowest BCUT2D eigenvalue weighted by Gasteiger charge is -2.28. The zero-order chi connectivity index (χ0) is 12.3. The first-order chi connectivity index (χ1) is 7.41. The van der Waals surface area contributed by atoms with E-state index in [2.05, 4.69) is 13.8 Å². The summed E-state index contributed by atoms with van der Waals surface area (Å²) in [6, 6.07) is 3.79. The van der Waals surface area contributed by atoms with Crippen LogP contribution in [0.3, 0.4) is 0 Å². The summed E-state index contributed by atoms with van der Waals surface area (Å²) in [7, 11) is 0. The second-order valence-corrected chi connectivity index (χ2v) is 6.26. The summed E-state index contributed by atoms with van der Waals surface area (Å²) >= 11 is 7.19. The topological polar surface area (TPSA) is 20.3 Å². The summed E-state index contributed by atoms with van der Waals surface area (Å²) in [5.41, 5.74) is 0. The SMILES string of the molecule is CC(C)CN(C(=O)c1ccc(Cl)s1)C(C)C. The van der Waals surface area contributed by atoms with Crippen molar-refractivity contribution >= 4 is 28.8 Å². The molecule has 0 N–H and O–H groups in total. The molecule has 0 saturated heterocycles. The molecule has 2 nitrogen and oxygen atoms in total. The Morgan fingerprint density at radius 2 is 2.00 bits per heavy atom. The Morgan fingerprint density at radius 3 is 2.38 bits per heavy atom. The van der Waals surface area contributed by atoms with Crippen LogP contribution in [0, 0.1) is 5.92 Å². The summed E-state index contributed by atoms with van der Waals surface area (Å²) in [5.74, 6) is 0.558. The van der Waals surface area contributed by atoms with Crippen LogP contribution in [-0.4, -0.2) is 23.4 Å². The molecule has 0 aromatic carbocycles. The molecule has 0 aliphatic carbocycles. The maximum Gasteiger partial charge on any atom is 0.264 e. The lowest BCUT2D eigenvalue weighted by Crippen LogP contribution is -2.39. The van der Waals surface area contributed by atoms with Crippen molar-refractivity contribution in [2.45, 2.75) is 33.7 Å². The van der Waals surface area contributed by atoms with Gasteiger partial charge in [-0.05, 0) is 31.9 Å². The summed E-state index contributed by atoms with van der Waals surface area (Å²) in [4.78, 5) is 14.8. The van der Waals surface area contributed by atoms with Crippen molar-refractivity contribution < 1.29 is 4.79 Å². The molecule has 1 aromatic rings. The number of rotatable bonds is 4. The highest BCUT2D eigenvalue weighted by Gasteiger charge is 2.20. The molecule has 90 valence electrons. The Labute approximate surface area is 106 Å². The van der Waals surface area contributed by atoms with E-state index in [1.165, 1.54) is 11.3 Å². The summed E-state index contributed by atoms with van der Waals surface area (Å²) in [6.07, 6.45) is 0. The normalized spacial score (nSPS) is 11.2. The van der Waals surface area contributed by atoms with Crippen molar-refractivity contribution in [1.82, 2.24) is 4.90 Å². The van der Waals surface area contributed by atoms with Crippen LogP contribution >= 0.6 is 22.9 Å². The van der Waals surface area contributed by atoms with Gasteiger partial charge in [-0.15, -0.1) is 11.3 Å². The predicted molar refractivity (Wildman–Crippen MR) is 70.3 cm³/mol. The largest absolute Gasteiger partial charge is 0.335 e. The molecule has 4 heteroatoms. The van der Waals surface area contributed by atoms with Gasteiger partial charge in [-0.3, -0.25) is 4.79 Å². The van der Waals surface area contributed by atoms with Crippen LogP contribution < -0.4 is 0 Å². The highest BCUT2D eigenvalue weighted by atomic mass is 35.5. The van der Waals surface area contributed by atoms with Crippen LogP contribution in [0.2, 0.25) is 4.34 Å². The average molecular weight is 260 g/mol. The van der Waals surface area contributed by atoms with Crippen LogP contribution in [0.25, 0.3) is 0 Å². The van der Waals surface area contributed by atoms with E-state index in [1.54, 1.807) is 12.1 Å². The van der Waals surface area contributed by atoms with Gasteiger partial charge in [0.1, 0.15) is 0 Å². The molecule has 0 aliphatic rings.